The first-order valence-corrected chi connectivity index (χ1v) is 9.40. The van der Waals surface area contributed by atoms with Gasteiger partial charge in [-0.1, -0.05) is 36.4 Å². The SMILES string of the molecule is CN(C)CCCOc1cccc(C2C3Cc4ccccc4C3=NN2C)c1.Cl. The van der Waals surface area contributed by atoms with Gasteiger partial charge in [0.15, 0.2) is 0 Å². The monoisotopic (exact) mass is 385 g/mol. The molecule has 1 aliphatic heterocycles. The van der Waals surface area contributed by atoms with Gasteiger partial charge in [0.1, 0.15) is 5.75 Å². The van der Waals surface area contributed by atoms with E-state index in [4.69, 9.17) is 9.84 Å². The molecule has 1 aliphatic carbocycles. The van der Waals surface area contributed by atoms with Gasteiger partial charge in [-0.2, -0.15) is 5.10 Å². The van der Waals surface area contributed by atoms with Crippen LogP contribution in [0.3, 0.4) is 0 Å². The third-order valence-corrected chi connectivity index (χ3v) is 5.35. The van der Waals surface area contributed by atoms with Gasteiger partial charge in [0.25, 0.3) is 0 Å². The Kier molecular flexibility index (Phi) is 6.08. The number of rotatable bonds is 6. The molecule has 27 heavy (non-hydrogen) atoms. The summed E-state index contributed by atoms with van der Waals surface area (Å²) in [5.41, 5.74) is 5.27. The molecule has 2 aromatic rings. The zero-order valence-electron chi connectivity index (χ0n) is 16.3. The van der Waals surface area contributed by atoms with E-state index in [1.807, 2.05) is 0 Å². The molecule has 2 unspecified atom stereocenters. The number of hydrogen-bond donors (Lipinski definition) is 0. The summed E-state index contributed by atoms with van der Waals surface area (Å²) in [6, 6.07) is 17.5. The fourth-order valence-corrected chi connectivity index (χ4v) is 4.17. The molecular formula is C22H28ClN3O. The average molecular weight is 386 g/mol. The van der Waals surface area contributed by atoms with Crippen molar-refractivity contribution in [2.24, 2.45) is 11.0 Å². The maximum Gasteiger partial charge on any atom is 0.119 e. The van der Waals surface area contributed by atoms with E-state index in [1.54, 1.807) is 0 Å². The molecule has 0 saturated heterocycles. The quantitative estimate of drug-likeness (QED) is 0.703. The van der Waals surface area contributed by atoms with E-state index < -0.39 is 0 Å². The number of nitrogens with zero attached hydrogens (tertiary/aromatic N) is 3. The van der Waals surface area contributed by atoms with Gasteiger partial charge in [0, 0.05) is 25.1 Å². The summed E-state index contributed by atoms with van der Waals surface area (Å²) in [5.74, 6) is 1.39. The zero-order chi connectivity index (χ0) is 18.1. The van der Waals surface area contributed by atoms with Gasteiger partial charge in [-0.3, -0.25) is 5.01 Å². The fourth-order valence-electron chi connectivity index (χ4n) is 4.17. The van der Waals surface area contributed by atoms with Crippen LogP contribution in [0.4, 0.5) is 0 Å². The third kappa shape index (κ3) is 3.97. The minimum atomic E-state index is 0. The lowest BCUT2D eigenvalue weighted by Crippen LogP contribution is -2.22. The Hall–Kier alpha value is -2.04. The molecule has 0 saturated carbocycles. The highest BCUT2D eigenvalue weighted by Crippen LogP contribution is 2.43. The number of hydrazone groups is 1. The molecule has 0 amide bonds. The zero-order valence-corrected chi connectivity index (χ0v) is 17.1. The second kappa shape index (κ2) is 8.32. The number of fused-ring (bicyclic) bond motifs is 3. The van der Waals surface area contributed by atoms with E-state index in [-0.39, 0.29) is 18.4 Å². The van der Waals surface area contributed by atoms with Crippen LogP contribution in [-0.4, -0.2) is 49.9 Å². The van der Waals surface area contributed by atoms with Crippen LogP contribution in [0, 0.1) is 5.92 Å². The van der Waals surface area contributed by atoms with E-state index in [1.165, 1.54) is 22.4 Å². The Morgan fingerprint density at radius 2 is 1.96 bits per heavy atom. The first-order chi connectivity index (χ1) is 12.6. The van der Waals surface area contributed by atoms with Crippen molar-refractivity contribution in [3.8, 4) is 5.75 Å². The first kappa shape index (κ1) is 19.7. The summed E-state index contributed by atoms with van der Waals surface area (Å²) in [6.45, 7) is 1.79. The Morgan fingerprint density at radius 3 is 2.78 bits per heavy atom. The van der Waals surface area contributed by atoms with Crippen LogP contribution in [-0.2, 0) is 6.42 Å². The Morgan fingerprint density at radius 1 is 1.15 bits per heavy atom. The summed E-state index contributed by atoms with van der Waals surface area (Å²) in [7, 11) is 6.27. The highest BCUT2D eigenvalue weighted by molar-refractivity contribution is 6.07. The summed E-state index contributed by atoms with van der Waals surface area (Å²) >= 11 is 0. The highest BCUT2D eigenvalue weighted by atomic mass is 35.5. The largest absolute Gasteiger partial charge is 0.494 e. The lowest BCUT2D eigenvalue weighted by Gasteiger charge is -2.24. The van der Waals surface area contributed by atoms with Crippen molar-refractivity contribution in [1.82, 2.24) is 9.91 Å². The first-order valence-electron chi connectivity index (χ1n) is 9.40. The smallest absolute Gasteiger partial charge is 0.119 e. The summed E-state index contributed by atoms with van der Waals surface area (Å²) in [4.78, 5) is 2.18. The summed E-state index contributed by atoms with van der Waals surface area (Å²) in [6.07, 6.45) is 2.10. The second-order valence-electron chi connectivity index (χ2n) is 7.55. The van der Waals surface area contributed by atoms with Gasteiger partial charge < -0.3 is 9.64 Å². The van der Waals surface area contributed by atoms with Crippen LogP contribution in [0.15, 0.2) is 53.6 Å². The fraction of sp³-hybridized carbons (Fsp3) is 0.409. The third-order valence-electron chi connectivity index (χ3n) is 5.35. The van der Waals surface area contributed by atoms with Crippen LogP contribution < -0.4 is 4.74 Å². The Balaban J connectivity index is 0.00000210. The average Bonchev–Trinajstić information content (AvgIpc) is 3.13. The number of benzene rings is 2. The number of hydrogen-bond acceptors (Lipinski definition) is 4. The minimum Gasteiger partial charge on any atom is -0.494 e. The molecular weight excluding hydrogens is 358 g/mol. The lowest BCUT2D eigenvalue weighted by atomic mass is 9.90. The molecule has 0 N–H and O–H groups in total. The van der Waals surface area contributed by atoms with Crippen molar-refractivity contribution < 1.29 is 4.74 Å². The molecule has 0 bridgehead atoms. The van der Waals surface area contributed by atoms with E-state index in [0.717, 1.165) is 31.7 Å². The molecule has 0 spiro atoms. The van der Waals surface area contributed by atoms with Gasteiger partial charge in [-0.15, -0.1) is 12.4 Å². The molecule has 2 aliphatic rings. The topological polar surface area (TPSA) is 28.1 Å². The summed E-state index contributed by atoms with van der Waals surface area (Å²) < 4.78 is 5.98. The van der Waals surface area contributed by atoms with Crippen molar-refractivity contribution in [2.45, 2.75) is 18.9 Å². The predicted octanol–water partition coefficient (Wildman–Crippen LogP) is 4.00. The molecule has 0 aromatic heterocycles. The van der Waals surface area contributed by atoms with Crippen LogP contribution in [0.1, 0.15) is 29.2 Å². The van der Waals surface area contributed by atoms with Crippen LogP contribution in [0.25, 0.3) is 0 Å². The van der Waals surface area contributed by atoms with Crippen LogP contribution in [0.5, 0.6) is 5.75 Å². The predicted molar refractivity (Wildman–Crippen MR) is 113 cm³/mol. The molecule has 0 radical (unpaired) electrons. The normalized spacial score (nSPS) is 20.1. The van der Waals surface area contributed by atoms with Gasteiger partial charge >= 0.3 is 0 Å². The van der Waals surface area contributed by atoms with E-state index >= 15 is 0 Å². The molecule has 5 heteroatoms. The highest BCUT2D eigenvalue weighted by Gasteiger charge is 2.42. The second-order valence-corrected chi connectivity index (χ2v) is 7.55. The number of ether oxygens (including phenoxy) is 1. The molecule has 2 atom stereocenters. The van der Waals surface area contributed by atoms with Gasteiger partial charge in [0.05, 0.1) is 18.4 Å². The molecule has 4 rings (SSSR count). The van der Waals surface area contributed by atoms with E-state index in [0.29, 0.717) is 5.92 Å². The molecule has 0 fully saturated rings. The molecule has 4 nitrogen and oxygen atoms in total. The van der Waals surface area contributed by atoms with Crippen molar-refractivity contribution in [2.75, 3.05) is 34.3 Å². The van der Waals surface area contributed by atoms with E-state index in [9.17, 15) is 0 Å². The van der Waals surface area contributed by atoms with E-state index in [2.05, 4.69) is 79.6 Å². The maximum absolute atomic E-state index is 5.98. The summed E-state index contributed by atoms with van der Waals surface area (Å²) in [5, 5.41) is 7.00. The molecule has 2 aromatic carbocycles. The Labute approximate surface area is 168 Å². The maximum atomic E-state index is 5.98. The van der Waals surface area contributed by atoms with Crippen LogP contribution in [0.2, 0.25) is 0 Å². The van der Waals surface area contributed by atoms with Crippen molar-refractivity contribution in [3.05, 3.63) is 65.2 Å². The van der Waals surface area contributed by atoms with Crippen molar-refractivity contribution in [1.29, 1.82) is 0 Å². The van der Waals surface area contributed by atoms with Crippen molar-refractivity contribution in [3.63, 3.8) is 0 Å². The molecule has 1 heterocycles. The van der Waals surface area contributed by atoms with Gasteiger partial charge in [-0.05, 0) is 50.2 Å². The van der Waals surface area contributed by atoms with Gasteiger partial charge in [0.2, 0.25) is 0 Å². The lowest BCUT2D eigenvalue weighted by molar-refractivity contribution is 0.247. The standard InChI is InChI=1S/C22H27N3O.ClH/c1-24(2)12-7-13-26-18-10-6-9-17(14-18)22-20-15-16-8-4-5-11-19(16)21(20)23-25(22)3;/h4-6,8-11,14,20,22H,7,12-13,15H2,1-3H3;1H. The minimum absolute atomic E-state index is 0. The van der Waals surface area contributed by atoms with Crippen LogP contribution >= 0.6 is 12.4 Å². The van der Waals surface area contributed by atoms with Crippen molar-refractivity contribution >= 4 is 18.1 Å². The Bertz CT molecular complexity index is 821. The van der Waals surface area contributed by atoms with Gasteiger partial charge in [-0.25, -0.2) is 0 Å². The number of halogens is 1. The molecule has 144 valence electrons.